The Kier molecular flexibility index (Phi) is 5.76. The highest BCUT2D eigenvalue weighted by Gasteiger charge is 2.34. The Bertz CT molecular complexity index is 1010. The third-order valence-corrected chi connectivity index (χ3v) is 5.88. The number of hydrogen-bond acceptors (Lipinski definition) is 8. The lowest BCUT2D eigenvalue weighted by atomic mass is 10.1. The van der Waals surface area contributed by atoms with Gasteiger partial charge < -0.3 is 10.6 Å². The van der Waals surface area contributed by atoms with Crippen LogP contribution in [0.15, 0.2) is 34.1 Å². The number of aromatic nitrogens is 3. The van der Waals surface area contributed by atoms with Gasteiger partial charge in [0.1, 0.15) is 17.1 Å². The average molecular weight is 439 g/mol. The minimum atomic E-state index is -4.45. The number of nitrogens with zero attached hydrogens (tertiary/aromatic N) is 4. The van der Waals surface area contributed by atoms with E-state index in [9.17, 15) is 13.2 Å². The zero-order chi connectivity index (χ0) is 20.3. The van der Waals surface area contributed by atoms with Crippen LogP contribution in [-0.4, -0.2) is 34.0 Å². The summed E-state index contributed by atoms with van der Waals surface area (Å²) < 4.78 is 39.2. The number of pyridine rings is 1. The predicted molar refractivity (Wildman–Crippen MR) is 108 cm³/mol. The summed E-state index contributed by atoms with van der Waals surface area (Å²) in [5.41, 5.74) is 0.799. The molecule has 0 aromatic carbocycles. The van der Waals surface area contributed by atoms with Crippen LogP contribution in [0, 0.1) is 0 Å². The Hall–Kier alpha value is -2.53. The van der Waals surface area contributed by atoms with Gasteiger partial charge in [-0.1, -0.05) is 6.07 Å². The van der Waals surface area contributed by atoms with E-state index in [4.69, 9.17) is 0 Å². The van der Waals surface area contributed by atoms with Crippen molar-refractivity contribution in [1.82, 2.24) is 20.3 Å². The van der Waals surface area contributed by atoms with E-state index in [0.29, 0.717) is 17.5 Å². The van der Waals surface area contributed by atoms with Gasteiger partial charge in [0.05, 0.1) is 5.01 Å². The second kappa shape index (κ2) is 8.46. The molecule has 6 nitrogen and oxygen atoms in total. The fourth-order valence-electron chi connectivity index (χ4n) is 2.85. The SMILES string of the molecule is FC(F)(F)c1ncccc1CCc1nc(-c2csc(NC3=NCCCN3)n2)cs1. The molecule has 0 radical (unpaired) electrons. The second-order valence-corrected chi connectivity index (χ2v) is 8.11. The number of thiazole rings is 2. The van der Waals surface area contributed by atoms with Crippen LogP contribution in [0.5, 0.6) is 0 Å². The van der Waals surface area contributed by atoms with Gasteiger partial charge in [-0.2, -0.15) is 13.2 Å². The van der Waals surface area contributed by atoms with Crippen LogP contribution in [0.1, 0.15) is 22.7 Å². The Morgan fingerprint density at radius 3 is 2.72 bits per heavy atom. The summed E-state index contributed by atoms with van der Waals surface area (Å²) in [7, 11) is 0. The van der Waals surface area contributed by atoms with Crippen LogP contribution >= 0.6 is 22.7 Å². The summed E-state index contributed by atoms with van der Waals surface area (Å²) in [6.45, 7) is 1.67. The largest absolute Gasteiger partial charge is 0.433 e. The molecule has 0 fully saturated rings. The molecule has 0 atom stereocenters. The first-order chi connectivity index (χ1) is 14.0. The van der Waals surface area contributed by atoms with Crippen LogP contribution in [0.25, 0.3) is 11.4 Å². The van der Waals surface area contributed by atoms with Crippen molar-refractivity contribution in [2.45, 2.75) is 25.4 Å². The third-order valence-electron chi connectivity index (χ3n) is 4.21. The van der Waals surface area contributed by atoms with E-state index >= 15 is 0 Å². The van der Waals surface area contributed by atoms with Crippen molar-refractivity contribution < 1.29 is 13.2 Å². The summed E-state index contributed by atoms with van der Waals surface area (Å²) in [6.07, 6.45) is -1.64. The van der Waals surface area contributed by atoms with Gasteiger partial charge in [0.2, 0.25) is 0 Å². The van der Waals surface area contributed by atoms with E-state index in [0.717, 1.165) is 42.1 Å². The predicted octanol–water partition coefficient (Wildman–Crippen LogP) is 4.23. The van der Waals surface area contributed by atoms with E-state index in [1.54, 1.807) is 0 Å². The topological polar surface area (TPSA) is 75.1 Å². The summed E-state index contributed by atoms with van der Waals surface area (Å²) in [5, 5.41) is 11.6. The molecule has 0 saturated carbocycles. The smallest absolute Gasteiger partial charge is 0.356 e. The Balaban J connectivity index is 1.41. The number of guanidine groups is 1. The van der Waals surface area contributed by atoms with E-state index in [-0.39, 0.29) is 12.0 Å². The highest BCUT2D eigenvalue weighted by molar-refractivity contribution is 7.14. The van der Waals surface area contributed by atoms with Crippen molar-refractivity contribution in [1.29, 1.82) is 0 Å². The van der Waals surface area contributed by atoms with Crippen LogP contribution in [-0.2, 0) is 19.0 Å². The zero-order valence-electron chi connectivity index (χ0n) is 15.2. The van der Waals surface area contributed by atoms with E-state index < -0.39 is 11.9 Å². The number of halogens is 3. The van der Waals surface area contributed by atoms with E-state index in [1.165, 1.54) is 34.8 Å². The van der Waals surface area contributed by atoms with Gasteiger partial charge >= 0.3 is 6.18 Å². The fourth-order valence-corrected chi connectivity index (χ4v) is 4.34. The maximum Gasteiger partial charge on any atom is 0.433 e. The quantitative estimate of drug-likeness (QED) is 0.624. The summed E-state index contributed by atoms with van der Waals surface area (Å²) in [5.74, 6) is 0.716. The number of aryl methyl sites for hydroxylation is 2. The fraction of sp³-hybridized carbons (Fsp3) is 0.333. The van der Waals surface area contributed by atoms with Crippen LogP contribution in [0.3, 0.4) is 0 Å². The van der Waals surface area contributed by atoms with Gasteiger partial charge in [-0.05, 0) is 24.5 Å². The monoisotopic (exact) mass is 438 g/mol. The molecule has 3 aromatic rings. The van der Waals surface area contributed by atoms with Gasteiger partial charge in [0.15, 0.2) is 11.1 Å². The molecule has 0 spiro atoms. The Morgan fingerprint density at radius 2 is 1.93 bits per heavy atom. The first-order valence-electron chi connectivity index (χ1n) is 8.96. The molecule has 4 rings (SSSR count). The maximum absolute atomic E-state index is 13.1. The highest BCUT2D eigenvalue weighted by Crippen LogP contribution is 2.31. The maximum atomic E-state index is 13.1. The standard InChI is InChI=1S/C18H17F3N6S2/c19-18(20,21)15-11(3-1-6-22-15)4-5-14-25-12(9-28-14)13-10-29-17(26-13)27-16-23-7-2-8-24-16/h1,3,6,9-10H,2,4-5,7-8H2,(H2,23,24,26,27). The van der Waals surface area contributed by atoms with Gasteiger partial charge in [-0.25, -0.2) is 9.97 Å². The Labute approximate surface area is 173 Å². The van der Waals surface area contributed by atoms with Crippen molar-refractivity contribution in [2.75, 3.05) is 18.4 Å². The van der Waals surface area contributed by atoms with Crippen molar-refractivity contribution in [2.24, 2.45) is 4.99 Å². The summed E-state index contributed by atoms with van der Waals surface area (Å²) >= 11 is 2.87. The van der Waals surface area contributed by atoms with Gasteiger partial charge in [0.25, 0.3) is 0 Å². The summed E-state index contributed by atoms with van der Waals surface area (Å²) in [6, 6.07) is 2.98. The van der Waals surface area contributed by atoms with E-state index in [1.807, 2.05) is 10.8 Å². The normalized spacial score (nSPS) is 14.4. The van der Waals surface area contributed by atoms with Gasteiger partial charge in [-0.15, -0.1) is 22.7 Å². The summed E-state index contributed by atoms with van der Waals surface area (Å²) in [4.78, 5) is 16.9. The molecule has 2 N–H and O–H groups in total. The average Bonchev–Trinajstić information content (AvgIpc) is 3.36. The molecule has 1 aliphatic rings. The lowest BCUT2D eigenvalue weighted by Gasteiger charge is -2.13. The van der Waals surface area contributed by atoms with Crippen molar-refractivity contribution in [3.05, 3.63) is 45.4 Å². The lowest BCUT2D eigenvalue weighted by Crippen LogP contribution is -2.35. The molecule has 0 aliphatic carbocycles. The molecule has 0 unspecified atom stereocenters. The third kappa shape index (κ3) is 4.91. The second-order valence-electron chi connectivity index (χ2n) is 6.31. The molecule has 152 valence electrons. The molecule has 1 aliphatic heterocycles. The molecule has 0 bridgehead atoms. The first kappa shape index (κ1) is 19.8. The zero-order valence-corrected chi connectivity index (χ0v) is 16.8. The number of anilines is 1. The molecule has 3 aromatic heterocycles. The molecular weight excluding hydrogens is 421 g/mol. The molecule has 4 heterocycles. The number of nitrogens with one attached hydrogen (secondary N) is 2. The molecule has 11 heteroatoms. The van der Waals surface area contributed by atoms with Crippen molar-refractivity contribution in [3.63, 3.8) is 0 Å². The Morgan fingerprint density at radius 1 is 1.10 bits per heavy atom. The molecule has 0 saturated heterocycles. The first-order valence-corrected chi connectivity index (χ1v) is 10.7. The number of rotatable bonds is 5. The highest BCUT2D eigenvalue weighted by atomic mass is 32.1. The minimum absolute atomic E-state index is 0.178. The molecule has 0 amide bonds. The number of alkyl halides is 3. The van der Waals surface area contributed by atoms with Crippen molar-refractivity contribution >= 4 is 33.8 Å². The lowest BCUT2D eigenvalue weighted by molar-refractivity contribution is -0.141. The van der Waals surface area contributed by atoms with E-state index in [2.05, 4.69) is 30.6 Å². The number of hydrogen-bond donors (Lipinski definition) is 2. The van der Waals surface area contributed by atoms with Crippen LogP contribution in [0.2, 0.25) is 0 Å². The molecule has 29 heavy (non-hydrogen) atoms. The number of aliphatic imine (C=N–C) groups is 1. The van der Waals surface area contributed by atoms with Gasteiger partial charge in [-0.3, -0.25) is 9.98 Å². The van der Waals surface area contributed by atoms with Gasteiger partial charge in [0, 0.05) is 36.5 Å². The minimum Gasteiger partial charge on any atom is -0.356 e. The van der Waals surface area contributed by atoms with Crippen LogP contribution < -0.4 is 10.6 Å². The molecular formula is C18H17F3N6S2. The van der Waals surface area contributed by atoms with Crippen molar-refractivity contribution in [3.8, 4) is 11.4 Å². The van der Waals surface area contributed by atoms with Crippen LogP contribution in [0.4, 0.5) is 18.3 Å².